The molecule has 0 unspecified atom stereocenters. The Balaban J connectivity index is 2.22. The van der Waals surface area contributed by atoms with Crippen LogP contribution in [0.3, 0.4) is 0 Å². The van der Waals surface area contributed by atoms with E-state index < -0.39 is 10.9 Å². The van der Waals surface area contributed by atoms with Crippen LogP contribution in [-0.4, -0.2) is 30.8 Å². The lowest BCUT2D eigenvalue weighted by Crippen LogP contribution is -2.37. The molecule has 0 aliphatic heterocycles. The zero-order chi connectivity index (χ0) is 19.1. The number of carbonyl (C=O) groups is 2. The zero-order valence-electron chi connectivity index (χ0n) is 14.2. The molecule has 0 bridgehead atoms. The van der Waals surface area contributed by atoms with Gasteiger partial charge in [-0.15, -0.1) is 0 Å². The van der Waals surface area contributed by atoms with E-state index >= 15 is 0 Å². The molecular weight excluding hydrogens is 338 g/mol. The van der Waals surface area contributed by atoms with E-state index in [-0.39, 0.29) is 17.2 Å². The van der Waals surface area contributed by atoms with Crippen molar-refractivity contribution >= 4 is 23.1 Å². The fraction of sp³-hybridized carbons (Fsp3) is 0.111. The first-order valence-electron chi connectivity index (χ1n) is 7.56. The molecule has 0 aromatic heterocycles. The lowest BCUT2D eigenvalue weighted by molar-refractivity contribution is -0.384. The second kappa shape index (κ2) is 8.43. The van der Waals surface area contributed by atoms with Crippen LogP contribution in [0.4, 0.5) is 11.4 Å². The van der Waals surface area contributed by atoms with Gasteiger partial charge in [0.15, 0.2) is 5.78 Å². The van der Waals surface area contributed by atoms with Crippen LogP contribution in [0.2, 0.25) is 0 Å². The summed E-state index contributed by atoms with van der Waals surface area (Å²) < 4.78 is 4.70. The van der Waals surface area contributed by atoms with Crippen molar-refractivity contribution in [2.24, 2.45) is 0 Å². The van der Waals surface area contributed by atoms with Crippen LogP contribution < -0.4 is 10.4 Å². The van der Waals surface area contributed by atoms with Gasteiger partial charge in [0.2, 0.25) is 0 Å². The van der Waals surface area contributed by atoms with Crippen molar-refractivity contribution in [3.8, 4) is 0 Å². The molecule has 26 heavy (non-hydrogen) atoms. The summed E-state index contributed by atoms with van der Waals surface area (Å²) in [6, 6.07) is 14.2. The van der Waals surface area contributed by atoms with Gasteiger partial charge in [-0.3, -0.25) is 25.3 Å². The molecule has 2 rings (SSSR count). The molecule has 0 heterocycles. The van der Waals surface area contributed by atoms with E-state index in [0.717, 1.165) is 6.08 Å². The maximum atomic E-state index is 12.3. The number of anilines is 1. The largest absolute Gasteiger partial charge is 0.464 e. The van der Waals surface area contributed by atoms with Crippen LogP contribution in [0.5, 0.6) is 0 Å². The van der Waals surface area contributed by atoms with Crippen molar-refractivity contribution in [1.82, 2.24) is 5.43 Å². The second-order valence-corrected chi connectivity index (χ2v) is 5.22. The number of nitrogens with zero attached hydrogens (tertiary/aromatic N) is 2. The summed E-state index contributed by atoms with van der Waals surface area (Å²) in [4.78, 5) is 34.5. The molecule has 0 saturated carbocycles. The summed E-state index contributed by atoms with van der Waals surface area (Å²) in [6.45, 7) is 0. The third kappa shape index (κ3) is 4.67. The van der Waals surface area contributed by atoms with Gasteiger partial charge in [0.25, 0.3) is 5.69 Å². The van der Waals surface area contributed by atoms with Crippen LogP contribution in [-0.2, 0) is 9.53 Å². The fourth-order valence-electron chi connectivity index (χ4n) is 2.11. The second-order valence-electron chi connectivity index (χ2n) is 5.22. The van der Waals surface area contributed by atoms with Crippen molar-refractivity contribution in [3.63, 3.8) is 0 Å². The predicted molar refractivity (Wildman–Crippen MR) is 95.5 cm³/mol. The standard InChI is InChI=1S/C18H17N3O5/c1-20(14-8-10-15(11-9-14)21(24)25)19-16(18(23)26-2)12-17(22)13-6-4-3-5-7-13/h3-12,19H,1-2H3/b16-12-. The number of hydrazine groups is 1. The highest BCUT2D eigenvalue weighted by Crippen LogP contribution is 2.18. The number of non-ortho nitro benzene ring substituents is 1. The van der Waals surface area contributed by atoms with Crippen molar-refractivity contribution in [1.29, 1.82) is 0 Å². The van der Waals surface area contributed by atoms with E-state index in [1.165, 1.54) is 36.4 Å². The summed E-state index contributed by atoms with van der Waals surface area (Å²) in [5, 5.41) is 12.2. The third-order valence-corrected chi connectivity index (χ3v) is 3.48. The van der Waals surface area contributed by atoms with E-state index in [1.54, 1.807) is 37.4 Å². The summed E-state index contributed by atoms with van der Waals surface area (Å²) >= 11 is 0. The highest BCUT2D eigenvalue weighted by atomic mass is 16.6. The normalized spacial score (nSPS) is 10.8. The van der Waals surface area contributed by atoms with Crippen molar-refractivity contribution in [2.75, 3.05) is 19.2 Å². The molecule has 0 atom stereocenters. The van der Waals surface area contributed by atoms with Crippen molar-refractivity contribution in [2.45, 2.75) is 0 Å². The molecule has 0 spiro atoms. The lowest BCUT2D eigenvalue weighted by atomic mass is 10.1. The first-order chi connectivity index (χ1) is 12.4. The monoisotopic (exact) mass is 355 g/mol. The van der Waals surface area contributed by atoms with Gasteiger partial charge in [-0.2, -0.15) is 0 Å². The lowest BCUT2D eigenvalue weighted by Gasteiger charge is -2.22. The van der Waals surface area contributed by atoms with Gasteiger partial charge in [-0.05, 0) is 12.1 Å². The number of rotatable bonds is 7. The Bertz CT molecular complexity index is 832. The molecule has 0 aliphatic rings. The van der Waals surface area contributed by atoms with Crippen LogP contribution in [0, 0.1) is 10.1 Å². The van der Waals surface area contributed by atoms with E-state index in [1.807, 2.05) is 0 Å². The smallest absolute Gasteiger partial charge is 0.356 e. The number of benzene rings is 2. The van der Waals surface area contributed by atoms with Crippen LogP contribution in [0.25, 0.3) is 0 Å². The number of allylic oxidation sites excluding steroid dienone is 1. The Hall–Kier alpha value is -3.68. The van der Waals surface area contributed by atoms with Gasteiger partial charge in [-0.25, -0.2) is 4.79 Å². The van der Waals surface area contributed by atoms with E-state index in [2.05, 4.69) is 5.43 Å². The molecule has 8 nitrogen and oxygen atoms in total. The average Bonchev–Trinajstić information content (AvgIpc) is 2.67. The molecule has 0 saturated heterocycles. The van der Waals surface area contributed by atoms with Gasteiger partial charge in [0.05, 0.1) is 17.7 Å². The molecule has 2 aromatic carbocycles. The first-order valence-corrected chi connectivity index (χ1v) is 7.56. The molecular formula is C18H17N3O5. The molecule has 0 amide bonds. The maximum absolute atomic E-state index is 12.3. The number of nitrogens with one attached hydrogen (secondary N) is 1. The average molecular weight is 355 g/mol. The van der Waals surface area contributed by atoms with Gasteiger partial charge >= 0.3 is 5.97 Å². The Labute approximate surface area is 149 Å². The highest BCUT2D eigenvalue weighted by Gasteiger charge is 2.15. The molecule has 0 radical (unpaired) electrons. The fourth-order valence-corrected chi connectivity index (χ4v) is 2.11. The molecule has 1 N–H and O–H groups in total. The highest BCUT2D eigenvalue weighted by molar-refractivity contribution is 6.08. The Morgan fingerprint density at radius 3 is 2.27 bits per heavy atom. The number of hydrogen-bond acceptors (Lipinski definition) is 7. The van der Waals surface area contributed by atoms with Gasteiger partial charge in [0.1, 0.15) is 5.70 Å². The minimum atomic E-state index is -0.719. The molecule has 2 aromatic rings. The van der Waals surface area contributed by atoms with E-state index in [4.69, 9.17) is 4.74 Å². The molecule has 0 aliphatic carbocycles. The van der Waals surface area contributed by atoms with Crippen molar-refractivity contribution < 1.29 is 19.2 Å². The minimum absolute atomic E-state index is 0.0508. The molecule has 8 heteroatoms. The number of ether oxygens (including phenoxy) is 1. The number of esters is 1. The number of carbonyl (C=O) groups excluding carboxylic acids is 2. The number of nitro benzene ring substituents is 1. The van der Waals surface area contributed by atoms with Crippen LogP contribution in [0.1, 0.15) is 10.4 Å². The van der Waals surface area contributed by atoms with Gasteiger partial charge in [0, 0.05) is 30.8 Å². The molecule has 0 fully saturated rings. The quantitative estimate of drug-likeness (QED) is 0.268. The SMILES string of the molecule is COC(=O)/C(=C/C(=O)c1ccccc1)NN(C)c1ccc([N+](=O)[O-])cc1. The van der Waals surface area contributed by atoms with Crippen LogP contribution >= 0.6 is 0 Å². The first kappa shape index (κ1) is 18.7. The number of hydrogen-bond donors (Lipinski definition) is 1. The number of methoxy groups -OCH3 is 1. The van der Waals surface area contributed by atoms with E-state index in [9.17, 15) is 19.7 Å². The molecule has 134 valence electrons. The topological polar surface area (TPSA) is 102 Å². The number of nitro groups is 1. The zero-order valence-corrected chi connectivity index (χ0v) is 14.2. The van der Waals surface area contributed by atoms with Gasteiger partial charge < -0.3 is 4.74 Å². The Morgan fingerprint density at radius 1 is 1.12 bits per heavy atom. The summed E-state index contributed by atoms with van der Waals surface area (Å²) in [7, 11) is 2.81. The van der Waals surface area contributed by atoms with Gasteiger partial charge in [-0.1, -0.05) is 30.3 Å². The summed E-state index contributed by atoms with van der Waals surface area (Å²) in [5.74, 6) is -1.08. The predicted octanol–water partition coefficient (Wildman–Crippen LogP) is 2.48. The minimum Gasteiger partial charge on any atom is -0.464 e. The van der Waals surface area contributed by atoms with E-state index in [0.29, 0.717) is 11.3 Å². The van der Waals surface area contributed by atoms with Crippen molar-refractivity contribution in [3.05, 3.63) is 82.0 Å². The van der Waals surface area contributed by atoms with Crippen LogP contribution in [0.15, 0.2) is 66.4 Å². The third-order valence-electron chi connectivity index (χ3n) is 3.48. The Kier molecular flexibility index (Phi) is 6.05. The summed E-state index contributed by atoms with van der Waals surface area (Å²) in [6.07, 6.45) is 1.14. The maximum Gasteiger partial charge on any atom is 0.356 e. The summed E-state index contributed by atoms with van der Waals surface area (Å²) in [5.41, 5.74) is 3.62. The number of ketones is 1. The Morgan fingerprint density at radius 2 is 1.73 bits per heavy atom.